The van der Waals surface area contributed by atoms with Crippen LogP contribution < -0.4 is 10.6 Å². The van der Waals surface area contributed by atoms with Gasteiger partial charge >= 0.3 is 12.1 Å². The van der Waals surface area contributed by atoms with Crippen LogP contribution in [-0.4, -0.2) is 60.6 Å². The van der Waals surface area contributed by atoms with Gasteiger partial charge in [-0.2, -0.15) is 0 Å². The molecule has 0 saturated carbocycles. The largest absolute Gasteiger partial charge is 0.468 e. The van der Waals surface area contributed by atoms with E-state index in [1.54, 1.807) is 32.9 Å². The summed E-state index contributed by atoms with van der Waals surface area (Å²) in [6.07, 6.45) is 0.0251. The molecule has 2 aromatic rings. The van der Waals surface area contributed by atoms with E-state index in [2.05, 4.69) is 15.4 Å². The Morgan fingerprint density at radius 2 is 1.61 bits per heavy atom. The van der Waals surface area contributed by atoms with E-state index in [0.717, 1.165) is 11.1 Å². The van der Waals surface area contributed by atoms with Gasteiger partial charge < -0.3 is 25.0 Å². The molecule has 38 heavy (non-hydrogen) atoms. The second-order valence-electron chi connectivity index (χ2n) is 10.0. The van der Waals surface area contributed by atoms with Gasteiger partial charge in [0.15, 0.2) is 0 Å². The number of amides is 3. The van der Waals surface area contributed by atoms with Crippen molar-refractivity contribution in [1.82, 2.24) is 15.5 Å². The minimum absolute atomic E-state index is 0.198. The normalized spacial score (nSPS) is 12.6. The minimum atomic E-state index is -1.04. The fourth-order valence-corrected chi connectivity index (χ4v) is 3.86. The van der Waals surface area contributed by atoms with Crippen LogP contribution in [0, 0.1) is 6.92 Å². The summed E-state index contributed by atoms with van der Waals surface area (Å²) in [4.78, 5) is 53.4. The van der Waals surface area contributed by atoms with Crippen molar-refractivity contribution in [3.63, 3.8) is 0 Å². The third-order valence-electron chi connectivity index (χ3n) is 5.61. The first kappa shape index (κ1) is 30.3. The van der Waals surface area contributed by atoms with Gasteiger partial charge in [0.1, 0.15) is 24.2 Å². The van der Waals surface area contributed by atoms with Crippen LogP contribution in [0.3, 0.4) is 0 Å². The summed E-state index contributed by atoms with van der Waals surface area (Å²) in [6.45, 7) is 8.94. The molecular formula is C29H39N3O6. The van der Waals surface area contributed by atoms with Crippen LogP contribution >= 0.6 is 0 Å². The van der Waals surface area contributed by atoms with E-state index in [-0.39, 0.29) is 19.5 Å². The Morgan fingerprint density at radius 3 is 2.16 bits per heavy atom. The molecule has 0 aliphatic rings. The Balaban J connectivity index is 2.48. The summed E-state index contributed by atoms with van der Waals surface area (Å²) in [5.74, 6) is -1.58. The quantitative estimate of drug-likeness (QED) is 0.433. The Morgan fingerprint density at radius 1 is 0.974 bits per heavy atom. The highest BCUT2D eigenvalue weighted by molar-refractivity contribution is 5.93. The van der Waals surface area contributed by atoms with Gasteiger partial charge in [-0.15, -0.1) is 0 Å². The molecule has 0 heterocycles. The third-order valence-corrected chi connectivity index (χ3v) is 5.61. The van der Waals surface area contributed by atoms with Crippen LogP contribution in [0.2, 0.25) is 0 Å². The average Bonchev–Trinajstić information content (AvgIpc) is 2.86. The smallest absolute Gasteiger partial charge is 0.408 e. The van der Waals surface area contributed by atoms with Crippen LogP contribution in [0.25, 0.3) is 0 Å². The summed E-state index contributed by atoms with van der Waals surface area (Å²) in [5.41, 5.74) is 1.64. The van der Waals surface area contributed by atoms with Crippen LogP contribution in [0.15, 0.2) is 54.6 Å². The maximum atomic E-state index is 14.1. The molecule has 0 bridgehead atoms. The Bertz CT molecular complexity index is 1080. The maximum Gasteiger partial charge on any atom is 0.408 e. The molecule has 9 heteroatoms. The van der Waals surface area contributed by atoms with E-state index < -0.39 is 41.6 Å². The number of benzene rings is 2. The number of nitrogens with one attached hydrogen (secondary N) is 2. The molecule has 0 aliphatic heterocycles. The predicted octanol–water partition coefficient (Wildman–Crippen LogP) is 3.70. The van der Waals surface area contributed by atoms with Gasteiger partial charge in [0, 0.05) is 13.0 Å². The van der Waals surface area contributed by atoms with E-state index in [1.165, 1.54) is 12.0 Å². The predicted molar refractivity (Wildman–Crippen MR) is 144 cm³/mol. The first-order chi connectivity index (χ1) is 17.9. The Hall–Kier alpha value is -3.88. The second-order valence-corrected chi connectivity index (χ2v) is 10.0. The number of hydrogen-bond acceptors (Lipinski definition) is 6. The summed E-state index contributed by atoms with van der Waals surface area (Å²) in [7, 11) is 1.23. The van der Waals surface area contributed by atoms with Crippen molar-refractivity contribution in [3.8, 4) is 0 Å². The van der Waals surface area contributed by atoms with Gasteiger partial charge in [-0.05, 0) is 45.2 Å². The molecule has 0 fully saturated rings. The highest BCUT2D eigenvalue weighted by atomic mass is 16.6. The molecule has 0 aliphatic carbocycles. The van der Waals surface area contributed by atoms with Gasteiger partial charge in [-0.1, -0.05) is 67.1 Å². The number of hydrogen-bond donors (Lipinski definition) is 2. The van der Waals surface area contributed by atoms with E-state index >= 15 is 0 Å². The lowest BCUT2D eigenvalue weighted by Crippen LogP contribution is -2.54. The van der Waals surface area contributed by atoms with E-state index in [1.807, 2.05) is 56.3 Å². The third kappa shape index (κ3) is 9.53. The van der Waals surface area contributed by atoms with Gasteiger partial charge in [0.2, 0.25) is 11.8 Å². The summed E-state index contributed by atoms with van der Waals surface area (Å²) in [5, 5.41) is 5.30. The highest BCUT2D eigenvalue weighted by Gasteiger charge is 2.36. The Kier molecular flexibility index (Phi) is 11.3. The number of carbonyl (C=O) groups excluding carboxylic acids is 4. The van der Waals surface area contributed by atoms with Crippen molar-refractivity contribution in [2.24, 2.45) is 0 Å². The van der Waals surface area contributed by atoms with E-state index in [4.69, 9.17) is 4.74 Å². The van der Waals surface area contributed by atoms with Gasteiger partial charge in [0.05, 0.1) is 7.11 Å². The fraction of sp³-hybridized carbons (Fsp3) is 0.448. The number of rotatable bonds is 11. The molecule has 0 aromatic heterocycles. The van der Waals surface area contributed by atoms with Crippen molar-refractivity contribution >= 4 is 23.9 Å². The van der Waals surface area contributed by atoms with Crippen molar-refractivity contribution < 1.29 is 28.7 Å². The lowest BCUT2D eigenvalue weighted by Gasteiger charge is -2.34. The zero-order valence-corrected chi connectivity index (χ0v) is 23.1. The van der Waals surface area contributed by atoms with Gasteiger partial charge in [0.25, 0.3) is 0 Å². The Labute approximate surface area is 224 Å². The standard InChI is InChI=1S/C29H39N3O6/c1-7-17-32(25(22-15-13-20(2)14-16-22)26(34)30-19-24(33)37-6)27(35)23(18-21-11-9-8-10-12-21)31-28(36)38-29(3,4)5/h8-16,23,25H,7,17-19H2,1-6H3,(H,30,34)(H,31,36). The van der Waals surface area contributed by atoms with Gasteiger partial charge in [-0.3, -0.25) is 14.4 Å². The van der Waals surface area contributed by atoms with Crippen molar-refractivity contribution in [3.05, 3.63) is 71.3 Å². The lowest BCUT2D eigenvalue weighted by atomic mass is 9.99. The zero-order chi connectivity index (χ0) is 28.3. The zero-order valence-electron chi connectivity index (χ0n) is 23.1. The number of nitrogens with zero attached hydrogens (tertiary/aromatic N) is 1. The topological polar surface area (TPSA) is 114 Å². The first-order valence-corrected chi connectivity index (χ1v) is 12.7. The first-order valence-electron chi connectivity index (χ1n) is 12.7. The number of methoxy groups -OCH3 is 1. The molecule has 2 unspecified atom stereocenters. The molecule has 0 radical (unpaired) electrons. The van der Waals surface area contributed by atoms with Crippen LogP contribution in [0.1, 0.15) is 56.8 Å². The fourth-order valence-electron chi connectivity index (χ4n) is 3.86. The molecule has 206 valence electrons. The lowest BCUT2D eigenvalue weighted by molar-refractivity contribution is -0.144. The van der Waals surface area contributed by atoms with Crippen LogP contribution in [0.4, 0.5) is 4.79 Å². The van der Waals surface area contributed by atoms with E-state index in [0.29, 0.717) is 12.0 Å². The summed E-state index contributed by atoms with van der Waals surface area (Å²) in [6, 6.07) is 14.5. The van der Waals surface area contributed by atoms with Crippen molar-refractivity contribution in [2.75, 3.05) is 20.2 Å². The van der Waals surface area contributed by atoms with Crippen molar-refractivity contribution in [1.29, 1.82) is 0 Å². The highest BCUT2D eigenvalue weighted by Crippen LogP contribution is 2.24. The SMILES string of the molecule is CCCN(C(=O)C(Cc1ccccc1)NC(=O)OC(C)(C)C)C(C(=O)NCC(=O)OC)c1ccc(C)cc1. The monoisotopic (exact) mass is 525 g/mol. The molecule has 2 N–H and O–H groups in total. The number of alkyl carbamates (subject to hydrolysis) is 1. The average molecular weight is 526 g/mol. The number of carbonyl (C=O) groups is 4. The molecule has 3 amide bonds. The molecule has 2 rings (SSSR count). The number of aryl methyl sites for hydroxylation is 1. The molecule has 2 aromatic carbocycles. The maximum absolute atomic E-state index is 14.1. The summed E-state index contributed by atoms with van der Waals surface area (Å²) < 4.78 is 10.1. The van der Waals surface area contributed by atoms with Gasteiger partial charge in [-0.25, -0.2) is 4.79 Å². The minimum Gasteiger partial charge on any atom is -0.468 e. The number of ether oxygens (including phenoxy) is 2. The molecule has 0 spiro atoms. The molecule has 9 nitrogen and oxygen atoms in total. The summed E-state index contributed by atoms with van der Waals surface area (Å²) >= 11 is 0. The van der Waals surface area contributed by atoms with E-state index in [9.17, 15) is 19.2 Å². The molecule has 0 saturated heterocycles. The second kappa shape index (κ2) is 14.2. The molecular weight excluding hydrogens is 486 g/mol. The van der Waals surface area contributed by atoms with Crippen LogP contribution in [0.5, 0.6) is 0 Å². The van der Waals surface area contributed by atoms with Crippen molar-refractivity contribution in [2.45, 2.75) is 65.1 Å². The number of esters is 1. The molecule has 2 atom stereocenters. The van der Waals surface area contributed by atoms with Crippen LogP contribution in [-0.2, 0) is 30.3 Å².